The van der Waals surface area contributed by atoms with Crippen LogP contribution in [0.4, 0.5) is 5.69 Å². The highest BCUT2D eigenvalue weighted by atomic mass is 16.2. The lowest BCUT2D eigenvalue weighted by atomic mass is 10.3. The summed E-state index contributed by atoms with van der Waals surface area (Å²) < 4.78 is 0. The first-order valence-corrected chi connectivity index (χ1v) is 4.50. The van der Waals surface area contributed by atoms with Crippen molar-refractivity contribution in [1.29, 1.82) is 0 Å². The van der Waals surface area contributed by atoms with E-state index in [1.54, 1.807) is 6.20 Å². The predicted molar refractivity (Wildman–Crippen MR) is 50.6 cm³/mol. The molecule has 3 nitrogen and oxygen atoms in total. The third-order valence-corrected chi connectivity index (χ3v) is 2.27. The van der Waals surface area contributed by atoms with Crippen LogP contribution >= 0.6 is 0 Å². The molecule has 0 saturated carbocycles. The fraction of sp³-hybridized carbons (Fsp3) is 0.400. The molecule has 1 fully saturated rings. The van der Waals surface area contributed by atoms with Crippen molar-refractivity contribution in [2.75, 3.05) is 11.4 Å². The SMILES string of the molecule is Cc1cc(N2CCCC2=O)ccn1. The van der Waals surface area contributed by atoms with Gasteiger partial charge in [-0.2, -0.15) is 0 Å². The number of pyridine rings is 1. The van der Waals surface area contributed by atoms with Crippen LogP contribution in [0.3, 0.4) is 0 Å². The maximum Gasteiger partial charge on any atom is 0.227 e. The minimum atomic E-state index is 0.227. The average Bonchev–Trinajstić information content (AvgIpc) is 2.51. The summed E-state index contributed by atoms with van der Waals surface area (Å²) in [6, 6.07) is 3.83. The van der Waals surface area contributed by atoms with Gasteiger partial charge in [0.2, 0.25) is 5.91 Å². The molecule has 0 bridgehead atoms. The summed E-state index contributed by atoms with van der Waals surface area (Å²) in [5, 5.41) is 0. The van der Waals surface area contributed by atoms with Crippen LogP contribution in [0, 0.1) is 6.92 Å². The van der Waals surface area contributed by atoms with Crippen LogP contribution in [0.25, 0.3) is 0 Å². The van der Waals surface area contributed by atoms with Crippen LogP contribution in [-0.2, 0) is 4.79 Å². The molecular formula is C10H12N2O. The summed E-state index contributed by atoms with van der Waals surface area (Å²) in [5.41, 5.74) is 1.94. The van der Waals surface area contributed by atoms with Gasteiger partial charge in [-0.1, -0.05) is 0 Å². The Morgan fingerprint density at radius 3 is 3.00 bits per heavy atom. The lowest BCUT2D eigenvalue weighted by molar-refractivity contribution is -0.117. The van der Waals surface area contributed by atoms with E-state index in [4.69, 9.17) is 0 Å². The number of aromatic nitrogens is 1. The fourth-order valence-electron chi connectivity index (χ4n) is 1.62. The number of hydrogen-bond donors (Lipinski definition) is 0. The Bertz CT molecular complexity index is 335. The van der Waals surface area contributed by atoms with Gasteiger partial charge in [0.15, 0.2) is 0 Å². The van der Waals surface area contributed by atoms with E-state index >= 15 is 0 Å². The van der Waals surface area contributed by atoms with Crippen molar-refractivity contribution in [1.82, 2.24) is 4.98 Å². The highest BCUT2D eigenvalue weighted by molar-refractivity contribution is 5.95. The third-order valence-electron chi connectivity index (χ3n) is 2.27. The zero-order valence-corrected chi connectivity index (χ0v) is 7.66. The van der Waals surface area contributed by atoms with Gasteiger partial charge in [-0.05, 0) is 25.5 Å². The number of rotatable bonds is 1. The Labute approximate surface area is 77.4 Å². The summed E-state index contributed by atoms with van der Waals surface area (Å²) in [6.45, 7) is 2.78. The maximum absolute atomic E-state index is 11.4. The van der Waals surface area contributed by atoms with Gasteiger partial charge in [-0.15, -0.1) is 0 Å². The van der Waals surface area contributed by atoms with Gasteiger partial charge in [0.25, 0.3) is 0 Å². The first kappa shape index (κ1) is 8.23. The molecule has 0 unspecified atom stereocenters. The minimum Gasteiger partial charge on any atom is -0.312 e. The first-order chi connectivity index (χ1) is 6.27. The van der Waals surface area contributed by atoms with Gasteiger partial charge in [0.1, 0.15) is 0 Å². The number of hydrogen-bond acceptors (Lipinski definition) is 2. The van der Waals surface area contributed by atoms with Crippen LogP contribution in [0.15, 0.2) is 18.3 Å². The topological polar surface area (TPSA) is 33.2 Å². The van der Waals surface area contributed by atoms with Crippen LogP contribution in [-0.4, -0.2) is 17.4 Å². The van der Waals surface area contributed by atoms with Gasteiger partial charge in [0.05, 0.1) is 0 Å². The predicted octanol–water partition coefficient (Wildman–Crippen LogP) is 1.52. The molecule has 0 aromatic carbocycles. The Kier molecular flexibility index (Phi) is 2.00. The minimum absolute atomic E-state index is 0.227. The number of anilines is 1. The quantitative estimate of drug-likeness (QED) is 0.650. The summed E-state index contributed by atoms with van der Waals surface area (Å²) in [4.78, 5) is 17.3. The van der Waals surface area contributed by atoms with E-state index in [0.29, 0.717) is 6.42 Å². The van der Waals surface area contributed by atoms with Gasteiger partial charge in [0, 0.05) is 30.5 Å². The largest absolute Gasteiger partial charge is 0.312 e. The number of amides is 1. The molecule has 1 amide bonds. The fourth-order valence-corrected chi connectivity index (χ4v) is 1.62. The second-order valence-electron chi connectivity index (χ2n) is 3.30. The molecule has 0 spiro atoms. The summed E-state index contributed by atoms with van der Waals surface area (Å²) >= 11 is 0. The average molecular weight is 176 g/mol. The summed E-state index contributed by atoms with van der Waals surface area (Å²) in [5.74, 6) is 0.227. The molecule has 1 saturated heterocycles. The van der Waals surface area contributed by atoms with Crippen molar-refractivity contribution in [3.05, 3.63) is 24.0 Å². The van der Waals surface area contributed by atoms with Gasteiger partial charge < -0.3 is 4.90 Å². The van der Waals surface area contributed by atoms with E-state index in [1.165, 1.54) is 0 Å². The van der Waals surface area contributed by atoms with Crippen molar-refractivity contribution in [3.8, 4) is 0 Å². The number of aryl methyl sites for hydroxylation is 1. The van der Waals surface area contributed by atoms with E-state index in [0.717, 1.165) is 24.3 Å². The van der Waals surface area contributed by atoms with Gasteiger partial charge in [-0.3, -0.25) is 9.78 Å². The molecular weight excluding hydrogens is 164 g/mol. The Balaban J connectivity index is 2.29. The molecule has 3 heteroatoms. The van der Waals surface area contributed by atoms with E-state index in [9.17, 15) is 4.79 Å². The second kappa shape index (κ2) is 3.17. The van der Waals surface area contributed by atoms with E-state index in [1.807, 2.05) is 24.0 Å². The molecule has 2 rings (SSSR count). The molecule has 0 aliphatic carbocycles. The highest BCUT2D eigenvalue weighted by Gasteiger charge is 2.21. The van der Waals surface area contributed by atoms with Crippen LogP contribution in [0.2, 0.25) is 0 Å². The number of nitrogens with zero attached hydrogens (tertiary/aromatic N) is 2. The standard InChI is InChI=1S/C10H12N2O/c1-8-7-9(4-5-11-8)12-6-2-3-10(12)13/h4-5,7H,2-3,6H2,1H3. The lowest BCUT2D eigenvalue weighted by Gasteiger charge is -2.15. The highest BCUT2D eigenvalue weighted by Crippen LogP contribution is 2.20. The Hall–Kier alpha value is -1.38. The Morgan fingerprint density at radius 1 is 1.54 bits per heavy atom. The smallest absolute Gasteiger partial charge is 0.227 e. The monoisotopic (exact) mass is 176 g/mol. The molecule has 1 aliphatic rings. The van der Waals surface area contributed by atoms with Gasteiger partial charge in [-0.25, -0.2) is 0 Å². The summed E-state index contributed by atoms with van der Waals surface area (Å²) in [6.07, 6.45) is 3.40. The van der Waals surface area contributed by atoms with Crippen LogP contribution in [0.1, 0.15) is 18.5 Å². The molecule has 0 N–H and O–H groups in total. The third kappa shape index (κ3) is 1.54. The second-order valence-corrected chi connectivity index (χ2v) is 3.30. The summed E-state index contributed by atoms with van der Waals surface area (Å²) in [7, 11) is 0. The molecule has 68 valence electrons. The molecule has 0 atom stereocenters. The molecule has 1 aromatic rings. The maximum atomic E-state index is 11.4. The molecule has 1 aliphatic heterocycles. The van der Waals surface area contributed by atoms with Crippen molar-refractivity contribution < 1.29 is 4.79 Å². The van der Waals surface area contributed by atoms with Crippen molar-refractivity contribution in [2.45, 2.75) is 19.8 Å². The van der Waals surface area contributed by atoms with Gasteiger partial charge >= 0.3 is 0 Å². The van der Waals surface area contributed by atoms with E-state index in [-0.39, 0.29) is 5.91 Å². The number of carbonyl (C=O) groups is 1. The van der Waals surface area contributed by atoms with E-state index in [2.05, 4.69) is 4.98 Å². The van der Waals surface area contributed by atoms with Crippen LogP contribution in [0.5, 0.6) is 0 Å². The van der Waals surface area contributed by atoms with Crippen molar-refractivity contribution in [3.63, 3.8) is 0 Å². The van der Waals surface area contributed by atoms with Crippen molar-refractivity contribution >= 4 is 11.6 Å². The van der Waals surface area contributed by atoms with Crippen LogP contribution < -0.4 is 4.90 Å². The Morgan fingerprint density at radius 2 is 2.38 bits per heavy atom. The normalized spacial score (nSPS) is 16.7. The molecule has 0 radical (unpaired) electrons. The molecule has 1 aromatic heterocycles. The zero-order valence-electron chi connectivity index (χ0n) is 7.66. The molecule has 2 heterocycles. The number of carbonyl (C=O) groups excluding carboxylic acids is 1. The first-order valence-electron chi connectivity index (χ1n) is 4.50. The zero-order chi connectivity index (χ0) is 9.26. The van der Waals surface area contributed by atoms with Crippen molar-refractivity contribution in [2.24, 2.45) is 0 Å². The lowest BCUT2D eigenvalue weighted by Crippen LogP contribution is -2.23. The molecule has 13 heavy (non-hydrogen) atoms. The van der Waals surface area contributed by atoms with E-state index < -0.39 is 0 Å².